The molecule has 3 heterocycles. The number of halogens is 1. The minimum absolute atomic E-state index is 0.0614. The fourth-order valence-electron chi connectivity index (χ4n) is 3.44. The summed E-state index contributed by atoms with van der Waals surface area (Å²) in [4.78, 5) is 33.1. The van der Waals surface area contributed by atoms with Crippen molar-refractivity contribution < 1.29 is 19.1 Å². The Labute approximate surface area is 174 Å². The molecule has 1 amide bonds. The smallest absolute Gasteiger partial charge is 0.290 e. The van der Waals surface area contributed by atoms with Gasteiger partial charge in [0.05, 0.1) is 21.2 Å². The topological polar surface area (TPSA) is 70.5 Å². The van der Waals surface area contributed by atoms with Crippen molar-refractivity contribution in [2.75, 3.05) is 0 Å². The molecule has 0 aliphatic carbocycles. The summed E-state index contributed by atoms with van der Waals surface area (Å²) in [7, 11) is 0. The van der Waals surface area contributed by atoms with Crippen LogP contribution in [-0.2, 0) is 11.3 Å². The van der Waals surface area contributed by atoms with E-state index in [9.17, 15) is 19.1 Å². The summed E-state index contributed by atoms with van der Waals surface area (Å²) in [5.74, 6) is -1.92. The van der Waals surface area contributed by atoms with E-state index >= 15 is 0 Å². The summed E-state index contributed by atoms with van der Waals surface area (Å²) in [6.07, 6.45) is 0. The van der Waals surface area contributed by atoms with E-state index in [0.29, 0.717) is 16.1 Å². The van der Waals surface area contributed by atoms with Crippen molar-refractivity contribution in [2.24, 2.45) is 0 Å². The molecule has 1 atom stereocenters. The van der Waals surface area contributed by atoms with Crippen LogP contribution in [0.15, 0.2) is 53.1 Å². The van der Waals surface area contributed by atoms with Gasteiger partial charge in [0.1, 0.15) is 11.9 Å². The number of aliphatic hydroxyl groups is 1. The molecule has 29 heavy (non-hydrogen) atoms. The van der Waals surface area contributed by atoms with Crippen molar-refractivity contribution in [3.05, 3.63) is 84.9 Å². The summed E-state index contributed by atoms with van der Waals surface area (Å²) < 4.78 is 13.3. The zero-order valence-corrected chi connectivity index (χ0v) is 17.3. The predicted molar refractivity (Wildman–Crippen MR) is 110 cm³/mol. The first kappa shape index (κ1) is 19.5. The lowest BCUT2D eigenvalue weighted by Gasteiger charge is -2.25. The number of Topliss-reactive ketones (excluding diaryl/α,β-unsaturated/α-hetero) is 1. The van der Waals surface area contributed by atoms with Crippen molar-refractivity contribution in [1.82, 2.24) is 9.88 Å². The van der Waals surface area contributed by atoms with Crippen LogP contribution in [0.3, 0.4) is 0 Å². The minimum Gasteiger partial charge on any atom is -0.503 e. The van der Waals surface area contributed by atoms with Crippen LogP contribution >= 0.6 is 22.7 Å². The van der Waals surface area contributed by atoms with Gasteiger partial charge in [-0.1, -0.05) is 18.2 Å². The molecular weight excluding hydrogens is 411 g/mol. The Morgan fingerprint density at radius 3 is 2.55 bits per heavy atom. The summed E-state index contributed by atoms with van der Waals surface area (Å²) >= 11 is 2.65. The molecule has 2 aromatic heterocycles. The van der Waals surface area contributed by atoms with Crippen LogP contribution in [0.25, 0.3) is 0 Å². The highest BCUT2D eigenvalue weighted by Gasteiger charge is 2.44. The van der Waals surface area contributed by atoms with E-state index in [4.69, 9.17) is 0 Å². The third-order valence-corrected chi connectivity index (χ3v) is 6.73. The van der Waals surface area contributed by atoms with E-state index in [2.05, 4.69) is 4.98 Å². The number of rotatable bonds is 5. The van der Waals surface area contributed by atoms with Crippen LogP contribution < -0.4 is 0 Å². The molecule has 0 bridgehead atoms. The number of aliphatic hydroxyl groups excluding tert-OH is 1. The van der Waals surface area contributed by atoms with Gasteiger partial charge < -0.3 is 10.0 Å². The lowest BCUT2D eigenvalue weighted by Crippen LogP contribution is -2.30. The number of benzene rings is 1. The van der Waals surface area contributed by atoms with Gasteiger partial charge in [-0.2, -0.15) is 0 Å². The quantitative estimate of drug-likeness (QED) is 0.596. The Morgan fingerprint density at radius 1 is 1.24 bits per heavy atom. The van der Waals surface area contributed by atoms with Crippen LogP contribution in [0, 0.1) is 19.7 Å². The van der Waals surface area contributed by atoms with E-state index < -0.39 is 17.7 Å². The molecule has 0 saturated carbocycles. The molecule has 3 aromatic rings. The van der Waals surface area contributed by atoms with Crippen molar-refractivity contribution in [3.8, 4) is 0 Å². The minimum atomic E-state index is -0.707. The third kappa shape index (κ3) is 3.49. The zero-order chi connectivity index (χ0) is 20.7. The maximum Gasteiger partial charge on any atom is 0.290 e. The molecule has 4 rings (SSSR count). The second kappa shape index (κ2) is 7.53. The molecular formula is C21H17FN2O3S2. The summed E-state index contributed by atoms with van der Waals surface area (Å²) in [6.45, 7) is 3.69. The number of thiazole rings is 1. The molecule has 1 N–H and O–H groups in total. The number of ketones is 1. The first-order valence-electron chi connectivity index (χ1n) is 8.87. The molecule has 0 radical (unpaired) electrons. The molecule has 0 spiro atoms. The summed E-state index contributed by atoms with van der Waals surface area (Å²) in [5.41, 5.74) is 1.34. The van der Waals surface area contributed by atoms with Gasteiger partial charge in [0, 0.05) is 11.4 Å². The second-order valence-electron chi connectivity index (χ2n) is 6.72. The SMILES string of the molecule is Cc1nc(C)c(C(=O)C2=C(O)C(=O)N(Cc3ccc(F)cc3)C2c2cccs2)s1. The average molecular weight is 429 g/mol. The fourth-order valence-corrected chi connectivity index (χ4v) is 5.16. The molecule has 1 aromatic carbocycles. The Balaban J connectivity index is 1.77. The van der Waals surface area contributed by atoms with Crippen molar-refractivity contribution >= 4 is 34.4 Å². The Morgan fingerprint density at radius 2 is 1.97 bits per heavy atom. The van der Waals surface area contributed by atoms with Gasteiger partial charge in [-0.25, -0.2) is 9.37 Å². The number of carbonyl (C=O) groups excluding carboxylic acids is 2. The molecule has 0 saturated heterocycles. The van der Waals surface area contributed by atoms with Gasteiger partial charge in [0.25, 0.3) is 5.91 Å². The van der Waals surface area contributed by atoms with Crippen LogP contribution in [0.5, 0.6) is 0 Å². The standard InChI is InChI=1S/C21H17FN2O3S2/c1-11-20(29-12(2)23-11)18(25)16-17(15-4-3-9-28-15)24(21(27)19(16)26)10-13-5-7-14(22)8-6-13/h3-9,17,26H,10H2,1-2H3. The largest absolute Gasteiger partial charge is 0.503 e. The van der Waals surface area contributed by atoms with E-state index in [-0.39, 0.29) is 23.7 Å². The van der Waals surface area contributed by atoms with Gasteiger partial charge in [-0.05, 0) is 43.0 Å². The molecule has 148 valence electrons. The molecule has 1 aliphatic heterocycles. The highest BCUT2D eigenvalue weighted by molar-refractivity contribution is 7.14. The second-order valence-corrected chi connectivity index (χ2v) is 8.90. The van der Waals surface area contributed by atoms with Gasteiger partial charge in [-0.15, -0.1) is 22.7 Å². The number of nitrogens with zero attached hydrogens (tertiary/aromatic N) is 2. The summed E-state index contributed by atoms with van der Waals surface area (Å²) in [5, 5.41) is 13.2. The van der Waals surface area contributed by atoms with Gasteiger partial charge >= 0.3 is 0 Å². The number of hydrogen-bond donors (Lipinski definition) is 1. The molecule has 1 aliphatic rings. The molecule has 8 heteroatoms. The van der Waals surface area contributed by atoms with Crippen LogP contribution in [-0.4, -0.2) is 26.7 Å². The Bertz CT molecular complexity index is 1120. The first-order chi connectivity index (χ1) is 13.9. The van der Waals surface area contributed by atoms with E-state index in [1.54, 1.807) is 26.0 Å². The Kier molecular flexibility index (Phi) is 5.06. The number of thiophene rings is 1. The number of hydrogen-bond acceptors (Lipinski definition) is 6. The monoisotopic (exact) mass is 428 g/mol. The van der Waals surface area contributed by atoms with Gasteiger partial charge in [0.15, 0.2) is 5.76 Å². The Hall–Kier alpha value is -2.84. The predicted octanol–water partition coefficient (Wildman–Crippen LogP) is 4.74. The van der Waals surface area contributed by atoms with Crippen LogP contribution in [0.2, 0.25) is 0 Å². The fraction of sp³-hybridized carbons (Fsp3) is 0.190. The maximum absolute atomic E-state index is 13.3. The van der Waals surface area contributed by atoms with Crippen LogP contribution in [0.1, 0.15) is 36.9 Å². The average Bonchev–Trinajstić information content (AvgIpc) is 3.38. The van der Waals surface area contributed by atoms with Crippen LogP contribution in [0.4, 0.5) is 4.39 Å². The summed E-state index contributed by atoms with van der Waals surface area (Å²) in [6, 6.07) is 8.76. The number of amides is 1. The molecule has 1 unspecified atom stereocenters. The van der Waals surface area contributed by atoms with E-state index in [1.165, 1.54) is 39.7 Å². The first-order valence-corrected chi connectivity index (χ1v) is 10.6. The van der Waals surface area contributed by atoms with Gasteiger partial charge in [-0.3, -0.25) is 9.59 Å². The van der Waals surface area contributed by atoms with Crippen molar-refractivity contribution in [2.45, 2.75) is 26.4 Å². The van der Waals surface area contributed by atoms with E-state index in [0.717, 1.165) is 9.88 Å². The highest BCUT2D eigenvalue weighted by atomic mass is 32.1. The molecule has 5 nitrogen and oxygen atoms in total. The lowest BCUT2D eigenvalue weighted by atomic mass is 10.00. The number of carbonyl (C=O) groups is 2. The number of aryl methyl sites for hydroxylation is 2. The third-order valence-electron chi connectivity index (χ3n) is 4.74. The van der Waals surface area contributed by atoms with Crippen molar-refractivity contribution in [1.29, 1.82) is 0 Å². The van der Waals surface area contributed by atoms with E-state index in [1.807, 2.05) is 17.5 Å². The van der Waals surface area contributed by atoms with Crippen molar-refractivity contribution in [3.63, 3.8) is 0 Å². The van der Waals surface area contributed by atoms with Gasteiger partial charge in [0.2, 0.25) is 5.78 Å². The lowest BCUT2D eigenvalue weighted by molar-refractivity contribution is -0.130. The maximum atomic E-state index is 13.3. The molecule has 0 fully saturated rings. The highest BCUT2D eigenvalue weighted by Crippen LogP contribution is 2.42. The normalized spacial score (nSPS) is 16.7. The zero-order valence-electron chi connectivity index (χ0n) is 15.7. The number of aromatic nitrogens is 1.